The second-order valence-corrected chi connectivity index (χ2v) is 6.25. The first-order chi connectivity index (χ1) is 9.49. The first-order valence-corrected chi connectivity index (χ1v) is 7.11. The number of nitrogens with zero attached hydrogens (tertiary/aromatic N) is 3. The monoisotopic (exact) mass is 276 g/mol. The molecule has 0 radical (unpaired) electrons. The Labute approximate surface area is 118 Å². The highest BCUT2D eigenvalue weighted by Crippen LogP contribution is 2.35. The zero-order valence-corrected chi connectivity index (χ0v) is 11.9. The van der Waals surface area contributed by atoms with Crippen molar-refractivity contribution in [3.05, 3.63) is 12.4 Å². The molecule has 0 unspecified atom stereocenters. The van der Waals surface area contributed by atoms with E-state index in [-0.39, 0.29) is 18.2 Å². The molecule has 1 aromatic heterocycles. The van der Waals surface area contributed by atoms with Gasteiger partial charge in [-0.3, -0.25) is 14.3 Å². The Morgan fingerprint density at radius 1 is 1.30 bits per heavy atom. The van der Waals surface area contributed by atoms with E-state index >= 15 is 0 Å². The van der Waals surface area contributed by atoms with E-state index in [1.165, 1.54) is 4.90 Å². The molecule has 3 rings (SSSR count). The maximum absolute atomic E-state index is 12.3. The molecule has 3 heterocycles. The molecule has 2 amide bonds. The number of hydrogen-bond donors (Lipinski definition) is 1. The van der Waals surface area contributed by atoms with Crippen LogP contribution in [0.3, 0.4) is 0 Å². The van der Waals surface area contributed by atoms with Gasteiger partial charge in [-0.15, -0.1) is 0 Å². The standard InChI is InChI=1S/C14H20N4O2/c1-14(2)7-12(19)18(13(14)20)11-8-16-17(9-11)10-3-5-15-6-4-10/h8-10,15H,3-7H2,1-2H3. The molecule has 2 aliphatic heterocycles. The van der Waals surface area contributed by atoms with Gasteiger partial charge in [0.05, 0.1) is 23.3 Å². The maximum Gasteiger partial charge on any atom is 0.240 e. The summed E-state index contributed by atoms with van der Waals surface area (Å²) < 4.78 is 1.89. The number of aromatic nitrogens is 2. The maximum atomic E-state index is 12.3. The summed E-state index contributed by atoms with van der Waals surface area (Å²) in [7, 11) is 0. The van der Waals surface area contributed by atoms with Crippen molar-refractivity contribution in [1.82, 2.24) is 15.1 Å². The fraction of sp³-hybridized carbons (Fsp3) is 0.643. The van der Waals surface area contributed by atoms with Crippen LogP contribution in [0.4, 0.5) is 5.69 Å². The van der Waals surface area contributed by atoms with Crippen LogP contribution in [0.1, 0.15) is 39.2 Å². The first kappa shape index (κ1) is 13.3. The van der Waals surface area contributed by atoms with Crippen molar-refractivity contribution in [1.29, 1.82) is 0 Å². The number of imide groups is 1. The second-order valence-electron chi connectivity index (χ2n) is 6.25. The molecule has 20 heavy (non-hydrogen) atoms. The molecule has 0 atom stereocenters. The van der Waals surface area contributed by atoms with E-state index in [0.29, 0.717) is 11.7 Å². The minimum atomic E-state index is -0.603. The molecule has 6 heteroatoms. The molecule has 2 saturated heterocycles. The fourth-order valence-corrected chi connectivity index (χ4v) is 2.92. The highest BCUT2D eigenvalue weighted by Gasteiger charge is 2.45. The molecule has 0 saturated carbocycles. The van der Waals surface area contributed by atoms with Gasteiger partial charge in [0.25, 0.3) is 0 Å². The van der Waals surface area contributed by atoms with Crippen LogP contribution < -0.4 is 10.2 Å². The highest BCUT2D eigenvalue weighted by molar-refractivity contribution is 6.22. The van der Waals surface area contributed by atoms with Gasteiger partial charge in [0.15, 0.2) is 0 Å². The third-order valence-corrected chi connectivity index (χ3v) is 4.15. The normalized spacial score (nSPS) is 23.6. The molecule has 2 aliphatic rings. The van der Waals surface area contributed by atoms with E-state index in [2.05, 4.69) is 10.4 Å². The number of anilines is 1. The van der Waals surface area contributed by atoms with E-state index in [4.69, 9.17) is 0 Å². The lowest BCUT2D eigenvalue weighted by Gasteiger charge is -2.23. The number of piperidine rings is 1. The van der Waals surface area contributed by atoms with E-state index < -0.39 is 5.41 Å². The van der Waals surface area contributed by atoms with E-state index in [1.807, 2.05) is 24.7 Å². The Hall–Kier alpha value is -1.69. The zero-order chi connectivity index (χ0) is 14.3. The number of carbonyl (C=O) groups is 2. The van der Waals surface area contributed by atoms with E-state index in [1.54, 1.807) is 6.20 Å². The number of nitrogens with one attached hydrogen (secondary N) is 1. The van der Waals surface area contributed by atoms with Crippen LogP contribution in [0.2, 0.25) is 0 Å². The van der Waals surface area contributed by atoms with Crippen LogP contribution in [-0.2, 0) is 9.59 Å². The third-order valence-electron chi connectivity index (χ3n) is 4.15. The number of carbonyl (C=O) groups excluding carboxylic acids is 2. The molecule has 1 N–H and O–H groups in total. The molecule has 0 aliphatic carbocycles. The number of amides is 2. The Morgan fingerprint density at radius 3 is 2.60 bits per heavy atom. The lowest BCUT2D eigenvalue weighted by atomic mass is 9.92. The van der Waals surface area contributed by atoms with Crippen molar-refractivity contribution < 1.29 is 9.59 Å². The Balaban J connectivity index is 1.83. The van der Waals surface area contributed by atoms with Crippen molar-refractivity contribution in [2.24, 2.45) is 5.41 Å². The third kappa shape index (κ3) is 2.14. The van der Waals surface area contributed by atoms with Crippen molar-refractivity contribution in [2.75, 3.05) is 18.0 Å². The van der Waals surface area contributed by atoms with Crippen LogP contribution >= 0.6 is 0 Å². The van der Waals surface area contributed by atoms with Gasteiger partial charge in [-0.25, -0.2) is 4.90 Å². The average molecular weight is 276 g/mol. The van der Waals surface area contributed by atoms with Crippen molar-refractivity contribution >= 4 is 17.5 Å². The molecule has 0 spiro atoms. The summed E-state index contributed by atoms with van der Waals surface area (Å²) in [5.41, 5.74) is -0.00221. The quantitative estimate of drug-likeness (QED) is 0.821. The van der Waals surface area contributed by atoms with Crippen molar-refractivity contribution in [3.8, 4) is 0 Å². The molecule has 0 bridgehead atoms. The molecular formula is C14H20N4O2. The fourth-order valence-electron chi connectivity index (χ4n) is 2.92. The minimum Gasteiger partial charge on any atom is -0.317 e. The Kier molecular flexibility index (Phi) is 3.12. The predicted molar refractivity (Wildman–Crippen MR) is 74.3 cm³/mol. The van der Waals surface area contributed by atoms with Crippen molar-refractivity contribution in [3.63, 3.8) is 0 Å². The highest BCUT2D eigenvalue weighted by atomic mass is 16.2. The van der Waals surface area contributed by atoms with Gasteiger partial charge in [0, 0.05) is 12.6 Å². The first-order valence-electron chi connectivity index (χ1n) is 7.11. The molecule has 2 fully saturated rings. The molecular weight excluding hydrogens is 256 g/mol. The zero-order valence-electron chi connectivity index (χ0n) is 11.9. The van der Waals surface area contributed by atoms with Gasteiger partial charge in [-0.2, -0.15) is 5.10 Å². The molecule has 108 valence electrons. The summed E-state index contributed by atoms with van der Waals surface area (Å²) in [5.74, 6) is -0.266. The lowest BCUT2D eigenvalue weighted by molar-refractivity contribution is -0.124. The number of rotatable bonds is 2. The lowest BCUT2D eigenvalue weighted by Crippen LogP contribution is -2.32. The second kappa shape index (κ2) is 4.70. The van der Waals surface area contributed by atoms with E-state index in [0.717, 1.165) is 25.9 Å². The van der Waals surface area contributed by atoms with Crippen LogP contribution in [0.5, 0.6) is 0 Å². The van der Waals surface area contributed by atoms with Gasteiger partial charge >= 0.3 is 0 Å². The molecule has 1 aromatic rings. The van der Waals surface area contributed by atoms with Crippen LogP contribution in [-0.4, -0.2) is 34.7 Å². The average Bonchev–Trinajstić information content (AvgIpc) is 2.95. The molecule has 6 nitrogen and oxygen atoms in total. The summed E-state index contributed by atoms with van der Waals surface area (Å²) in [6.45, 7) is 5.58. The van der Waals surface area contributed by atoms with Crippen LogP contribution in [0.25, 0.3) is 0 Å². The summed E-state index contributed by atoms with van der Waals surface area (Å²) in [4.78, 5) is 25.6. The predicted octanol–water partition coefficient (Wildman–Crippen LogP) is 1.10. The number of hydrogen-bond acceptors (Lipinski definition) is 4. The molecule has 0 aromatic carbocycles. The van der Waals surface area contributed by atoms with Gasteiger partial charge in [0.1, 0.15) is 0 Å². The SMILES string of the molecule is CC1(C)CC(=O)N(c2cnn(C3CCNCC3)c2)C1=O. The minimum absolute atomic E-state index is 0.132. The Morgan fingerprint density at radius 2 is 2.00 bits per heavy atom. The van der Waals surface area contributed by atoms with Gasteiger partial charge in [-0.1, -0.05) is 13.8 Å². The summed E-state index contributed by atoms with van der Waals surface area (Å²) in [6, 6.07) is 0.353. The summed E-state index contributed by atoms with van der Waals surface area (Å²) >= 11 is 0. The van der Waals surface area contributed by atoms with Crippen molar-refractivity contribution in [2.45, 2.75) is 39.2 Å². The van der Waals surface area contributed by atoms with Gasteiger partial charge in [0.2, 0.25) is 11.8 Å². The van der Waals surface area contributed by atoms with Gasteiger partial charge in [-0.05, 0) is 25.9 Å². The topological polar surface area (TPSA) is 67.2 Å². The summed E-state index contributed by atoms with van der Waals surface area (Å²) in [6.07, 6.45) is 5.76. The Bertz CT molecular complexity index is 543. The smallest absolute Gasteiger partial charge is 0.240 e. The van der Waals surface area contributed by atoms with Crippen LogP contribution in [0.15, 0.2) is 12.4 Å². The van der Waals surface area contributed by atoms with Crippen LogP contribution in [0, 0.1) is 5.41 Å². The largest absolute Gasteiger partial charge is 0.317 e. The summed E-state index contributed by atoms with van der Waals surface area (Å²) in [5, 5.41) is 7.66. The van der Waals surface area contributed by atoms with Gasteiger partial charge < -0.3 is 5.32 Å². The van der Waals surface area contributed by atoms with E-state index in [9.17, 15) is 9.59 Å².